The van der Waals surface area contributed by atoms with E-state index in [1.54, 1.807) is 11.3 Å². The minimum absolute atomic E-state index is 0.00687. The van der Waals surface area contributed by atoms with Crippen LogP contribution >= 0.6 is 11.3 Å². The van der Waals surface area contributed by atoms with Gasteiger partial charge in [-0.25, -0.2) is 4.98 Å². The molecule has 0 aliphatic carbocycles. The van der Waals surface area contributed by atoms with Gasteiger partial charge in [0.05, 0.1) is 29.0 Å². The first kappa shape index (κ1) is 59.5. The molecule has 0 fully saturated rings. The zero-order chi connectivity index (χ0) is 48.9. The summed E-state index contributed by atoms with van der Waals surface area (Å²) in [4.78, 5) is 19.9. The van der Waals surface area contributed by atoms with Crippen molar-refractivity contribution in [3.05, 3.63) is 33.3 Å². The topological polar surface area (TPSA) is 66.9 Å². The third kappa shape index (κ3) is 17.0. The summed E-state index contributed by atoms with van der Waals surface area (Å²) >= 11 is 1.69. The van der Waals surface area contributed by atoms with Crippen LogP contribution in [0.25, 0.3) is 6.08 Å². The number of carbonyl (C=O) groups excluding carboxylic acids is 1. The zero-order valence-electron chi connectivity index (χ0n) is 45.8. The number of hydrogen-bond acceptors (Lipinski definition) is 7. The number of aromatic nitrogens is 1. The van der Waals surface area contributed by atoms with Gasteiger partial charge in [0.25, 0.3) is 0 Å². The van der Waals surface area contributed by atoms with E-state index in [9.17, 15) is 0 Å². The molecule has 0 spiro atoms. The number of Topliss-reactive ketones (excluding diaryl/α,β-unsaturated/α-hetero) is 1. The van der Waals surface area contributed by atoms with Crippen LogP contribution in [0.3, 0.4) is 0 Å². The average Bonchev–Trinajstić information content (AvgIpc) is 3.49. The molecule has 362 valence electrons. The Hall–Kier alpha value is -0.512. The van der Waals surface area contributed by atoms with E-state index in [-0.39, 0.29) is 56.1 Å². The molecule has 0 saturated heterocycles. The molecular weight excluding hydrogens is 851 g/mol. The van der Waals surface area contributed by atoms with Crippen molar-refractivity contribution in [1.82, 2.24) is 4.98 Å². The van der Waals surface area contributed by atoms with Crippen LogP contribution in [0.5, 0.6) is 0 Å². The van der Waals surface area contributed by atoms with Gasteiger partial charge in [0.1, 0.15) is 5.78 Å². The van der Waals surface area contributed by atoms with E-state index in [1.165, 1.54) is 11.1 Å². The van der Waals surface area contributed by atoms with Crippen LogP contribution in [-0.4, -0.2) is 69.0 Å². The zero-order valence-corrected chi connectivity index (χ0v) is 50.6. The number of aryl methyl sites for hydroxylation is 1. The van der Waals surface area contributed by atoms with Gasteiger partial charge < -0.3 is 17.7 Å². The highest BCUT2D eigenvalue weighted by molar-refractivity contribution is 7.09. The Morgan fingerprint density at radius 1 is 0.710 bits per heavy atom. The van der Waals surface area contributed by atoms with Crippen LogP contribution in [0, 0.1) is 24.2 Å². The lowest BCUT2D eigenvalue weighted by Crippen LogP contribution is -2.54. The Balaban J connectivity index is 3.47. The second kappa shape index (κ2) is 22.1. The fourth-order valence-corrected chi connectivity index (χ4v) is 12.7. The maximum Gasteiger partial charge on any atom is 0.192 e. The van der Waals surface area contributed by atoms with Crippen LogP contribution in [0.15, 0.2) is 22.6 Å². The molecular formula is C51H101NO5SSi4. The third-order valence-corrected chi connectivity index (χ3v) is 34.5. The molecule has 0 N–H and O–H groups in total. The monoisotopic (exact) mass is 952 g/mol. The van der Waals surface area contributed by atoms with Crippen LogP contribution in [0.2, 0.25) is 72.5 Å². The van der Waals surface area contributed by atoms with E-state index in [2.05, 4.69) is 201 Å². The Morgan fingerprint density at radius 2 is 1.18 bits per heavy atom. The van der Waals surface area contributed by atoms with Gasteiger partial charge in [-0.3, -0.25) is 4.79 Å². The van der Waals surface area contributed by atoms with Gasteiger partial charge in [0.2, 0.25) is 0 Å². The molecule has 6 nitrogen and oxygen atoms in total. The molecule has 11 heteroatoms. The molecule has 0 aromatic carbocycles. The Labute approximate surface area is 393 Å². The minimum atomic E-state index is -2.23. The Bertz CT molecular complexity index is 1630. The van der Waals surface area contributed by atoms with E-state index in [1.807, 2.05) is 0 Å². The van der Waals surface area contributed by atoms with Crippen molar-refractivity contribution in [3.8, 4) is 0 Å². The normalized spacial score (nSPS) is 17.5. The first-order valence-corrected chi connectivity index (χ1v) is 36.5. The fraction of sp³-hybridized carbons (Fsp3) is 0.843. The van der Waals surface area contributed by atoms with E-state index in [0.717, 1.165) is 36.4 Å². The van der Waals surface area contributed by atoms with E-state index in [0.29, 0.717) is 13.0 Å². The molecule has 1 unspecified atom stereocenters. The second-order valence-electron chi connectivity index (χ2n) is 25.7. The van der Waals surface area contributed by atoms with Gasteiger partial charge in [-0.15, -0.1) is 11.3 Å². The van der Waals surface area contributed by atoms with E-state index in [4.69, 9.17) is 22.7 Å². The molecule has 1 rings (SSSR count). The summed E-state index contributed by atoms with van der Waals surface area (Å²) in [6.45, 7) is 62.0. The molecule has 0 saturated carbocycles. The van der Waals surface area contributed by atoms with Gasteiger partial charge >= 0.3 is 0 Å². The molecule has 1 heterocycles. The largest absolute Gasteiger partial charge is 0.417 e. The van der Waals surface area contributed by atoms with Crippen LogP contribution < -0.4 is 0 Å². The van der Waals surface area contributed by atoms with Crippen LogP contribution in [0.4, 0.5) is 0 Å². The van der Waals surface area contributed by atoms with Crippen LogP contribution in [-0.2, 0) is 22.5 Å². The predicted octanol–water partition coefficient (Wildman–Crippen LogP) is 16.8. The van der Waals surface area contributed by atoms with Gasteiger partial charge in [0.15, 0.2) is 33.3 Å². The summed E-state index contributed by atoms with van der Waals surface area (Å²) < 4.78 is 28.4. The lowest BCUT2D eigenvalue weighted by Gasteiger charge is -2.47. The third-order valence-electron chi connectivity index (χ3n) is 15.7. The number of nitrogens with zero attached hydrogens (tertiary/aromatic N) is 1. The summed E-state index contributed by atoms with van der Waals surface area (Å²) in [5.41, 5.74) is 2.90. The lowest BCUT2D eigenvalue weighted by molar-refractivity contribution is -0.141. The lowest BCUT2D eigenvalue weighted by atomic mass is 9.73. The molecule has 5 atom stereocenters. The molecule has 1 aromatic rings. The highest BCUT2D eigenvalue weighted by Crippen LogP contribution is 2.45. The van der Waals surface area contributed by atoms with E-state index < -0.39 is 38.7 Å². The number of rotatable bonds is 23. The number of thiazole rings is 1. The van der Waals surface area contributed by atoms with Gasteiger partial charge in [-0.2, -0.15) is 0 Å². The van der Waals surface area contributed by atoms with Gasteiger partial charge in [-0.05, 0) is 143 Å². The molecule has 0 amide bonds. The smallest absolute Gasteiger partial charge is 0.192 e. The Kier molecular flexibility index (Phi) is 21.2. The minimum Gasteiger partial charge on any atom is -0.417 e. The maximum absolute atomic E-state index is 15.2. The summed E-state index contributed by atoms with van der Waals surface area (Å²) in [7, 11) is -8.46. The molecule has 0 aliphatic heterocycles. The first-order chi connectivity index (χ1) is 27.5. The molecule has 0 bridgehead atoms. The number of carbonyl (C=O) groups is 1. The molecule has 62 heavy (non-hydrogen) atoms. The van der Waals surface area contributed by atoms with E-state index >= 15 is 4.79 Å². The molecule has 0 radical (unpaired) electrons. The maximum atomic E-state index is 15.2. The highest BCUT2D eigenvalue weighted by Gasteiger charge is 2.50. The van der Waals surface area contributed by atoms with Crippen molar-refractivity contribution in [1.29, 1.82) is 0 Å². The second-order valence-corrected chi connectivity index (χ2v) is 45.8. The summed E-state index contributed by atoms with van der Waals surface area (Å²) in [6, 6.07) is 0. The number of allylic oxidation sites excluding steroid dienone is 1. The predicted molar refractivity (Wildman–Crippen MR) is 284 cm³/mol. The van der Waals surface area contributed by atoms with Gasteiger partial charge in [-0.1, -0.05) is 122 Å². The summed E-state index contributed by atoms with van der Waals surface area (Å²) in [5.74, 6) is 0.154. The molecule has 0 aliphatic rings. The Morgan fingerprint density at radius 3 is 1.63 bits per heavy atom. The number of ketones is 1. The SMILES string of the molecule is C/C(=C/C[C@H](O[Si](C)(C)C(C)(C)C)/C(C)=C/c1csc(C)n1)CCC[C@H](C)[C@H](O[Si](C)(C)C(C)(C)C)C(C)C(=O)C(C)(C)[C@H](CCO[Si](C)(C)C(C)(C)C)O[Si](C)(C)C(C)(C)C. The van der Waals surface area contributed by atoms with Gasteiger partial charge in [0, 0.05) is 23.3 Å². The standard InChI is InChI=1S/C51H101NO5SSi4/c1-37(31-32-43(55-60(22,23)48(9,10)11)39(3)35-42-36-58-41(5)52-42)29-28-30-38(2)45(57-62(26,27)50(15,16)17)40(4)46(53)51(18,19)44(56-61(24,25)49(12,13)14)33-34-54-59(20,21)47(6,7)8/h31,35-36,38,40,43-45H,28-30,32-34H2,1-27H3/b37-31-,39-35+/t38-,40?,43-,44-,45-/m0/s1. The fourth-order valence-electron chi connectivity index (χ4n) is 6.77. The van der Waals surface area contributed by atoms with Crippen molar-refractivity contribution >= 4 is 56.5 Å². The summed E-state index contributed by atoms with van der Waals surface area (Å²) in [6.07, 6.45) is 8.74. The van der Waals surface area contributed by atoms with Crippen LogP contribution in [0.1, 0.15) is 167 Å². The summed E-state index contributed by atoms with van der Waals surface area (Å²) in [5, 5.41) is 3.48. The van der Waals surface area contributed by atoms with Crippen molar-refractivity contribution < 1.29 is 22.5 Å². The number of hydrogen-bond donors (Lipinski definition) is 0. The van der Waals surface area contributed by atoms with Crippen molar-refractivity contribution in [3.63, 3.8) is 0 Å². The van der Waals surface area contributed by atoms with Crippen molar-refractivity contribution in [2.45, 2.75) is 254 Å². The average molecular weight is 953 g/mol. The molecule has 1 aromatic heterocycles. The highest BCUT2D eigenvalue weighted by atomic mass is 32.1. The quantitative estimate of drug-likeness (QED) is 0.0804. The van der Waals surface area contributed by atoms with Crippen molar-refractivity contribution in [2.24, 2.45) is 17.3 Å². The van der Waals surface area contributed by atoms with Crippen molar-refractivity contribution in [2.75, 3.05) is 6.61 Å². The first-order valence-electron chi connectivity index (χ1n) is 24.0.